The Bertz CT molecular complexity index is 857. The molecule has 1 aromatic carbocycles. The Morgan fingerprint density at radius 1 is 1.04 bits per heavy atom. The molecule has 0 spiro atoms. The van der Waals surface area contributed by atoms with Crippen LogP contribution in [0.25, 0.3) is 0 Å². The maximum atomic E-state index is 13.0. The van der Waals surface area contributed by atoms with Crippen LogP contribution < -0.4 is 0 Å². The number of carbonyl (C=O) groups is 3. The van der Waals surface area contributed by atoms with Gasteiger partial charge in [0.15, 0.2) is 5.92 Å². The van der Waals surface area contributed by atoms with E-state index in [1.165, 1.54) is 0 Å². The fraction of sp³-hybridized carbons (Fsp3) is 0.278. The van der Waals surface area contributed by atoms with Gasteiger partial charge in [0, 0.05) is 12.1 Å². The van der Waals surface area contributed by atoms with Crippen molar-refractivity contribution in [2.45, 2.75) is 26.8 Å². The molecule has 0 bridgehead atoms. The quantitative estimate of drug-likeness (QED) is 0.454. The minimum atomic E-state index is -1.54. The Balaban J connectivity index is 2.42. The number of hydrogen-bond donors (Lipinski definition) is 2. The van der Waals surface area contributed by atoms with E-state index in [4.69, 9.17) is 10.2 Å². The van der Waals surface area contributed by atoms with Crippen molar-refractivity contribution in [3.05, 3.63) is 55.7 Å². The number of benzene rings is 1. The molecule has 6 nitrogen and oxygen atoms in total. The first-order valence-corrected chi connectivity index (χ1v) is 9.34. The third-order valence-corrected chi connectivity index (χ3v) is 6.47. The van der Waals surface area contributed by atoms with Gasteiger partial charge in [0.25, 0.3) is 0 Å². The van der Waals surface area contributed by atoms with E-state index in [-0.39, 0.29) is 18.7 Å². The van der Waals surface area contributed by atoms with E-state index in [0.717, 1.165) is 5.56 Å². The van der Waals surface area contributed by atoms with Gasteiger partial charge < -0.3 is 14.8 Å². The zero-order chi connectivity index (χ0) is 19.6. The van der Waals surface area contributed by atoms with Gasteiger partial charge in [0.2, 0.25) is 5.78 Å². The normalized spacial score (nSPS) is 11.0. The minimum absolute atomic E-state index is 0.0726. The molecule has 0 aliphatic heterocycles. The number of aliphatic carboxylic acids is 2. The first kappa shape index (κ1) is 20.4. The van der Waals surface area contributed by atoms with Gasteiger partial charge in [0.1, 0.15) is 0 Å². The molecule has 2 rings (SSSR count). The molecular weight excluding hydrogens is 470 g/mol. The van der Waals surface area contributed by atoms with Crippen LogP contribution in [0.5, 0.6) is 0 Å². The molecule has 0 saturated carbocycles. The lowest BCUT2D eigenvalue weighted by atomic mass is 10.0. The fourth-order valence-corrected chi connectivity index (χ4v) is 3.69. The molecule has 0 amide bonds. The van der Waals surface area contributed by atoms with Gasteiger partial charge in [-0.2, -0.15) is 0 Å². The first-order chi connectivity index (χ1) is 12.1. The van der Waals surface area contributed by atoms with Gasteiger partial charge in [-0.15, -0.1) is 0 Å². The van der Waals surface area contributed by atoms with E-state index in [0.29, 0.717) is 25.9 Å². The molecule has 138 valence electrons. The van der Waals surface area contributed by atoms with E-state index >= 15 is 0 Å². The second kappa shape index (κ2) is 8.18. The molecule has 1 heterocycles. The highest BCUT2D eigenvalue weighted by Gasteiger charge is 2.28. The van der Waals surface area contributed by atoms with Crippen molar-refractivity contribution in [1.82, 2.24) is 4.57 Å². The predicted octanol–water partition coefficient (Wildman–Crippen LogP) is 4.04. The van der Waals surface area contributed by atoms with Crippen molar-refractivity contribution >= 4 is 49.6 Å². The topological polar surface area (TPSA) is 96.6 Å². The number of halogens is 2. The van der Waals surface area contributed by atoms with Gasteiger partial charge in [0.05, 0.1) is 14.8 Å². The number of ketones is 1. The molecule has 26 heavy (non-hydrogen) atoms. The van der Waals surface area contributed by atoms with E-state index in [1.807, 2.05) is 19.1 Å². The summed E-state index contributed by atoms with van der Waals surface area (Å²) >= 11 is 6.81. The Labute approximate surface area is 167 Å². The number of carbonyl (C=O) groups excluding carboxylic acids is 1. The second-order valence-corrected chi connectivity index (χ2v) is 7.49. The van der Waals surface area contributed by atoms with Gasteiger partial charge in [-0.3, -0.25) is 14.4 Å². The highest BCUT2D eigenvalue weighted by molar-refractivity contribution is 9.13. The molecule has 2 aromatic rings. The van der Waals surface area contributed by atoms with Crippen molar-refractivity contribution in [1.29, 1.82) is 0 Å². The van der Waals surface area contributed by atoms with E-state index in [9.17, 15) is 14.4 Å². The average molecular weight is 487 g/mol. The summed E-state index contributed by atoms with van der Waals surface area (Å²) in [5.74, 6) is -4.55. The lowest BCUT2D eigenvalue weighted by Gasteiger charge is -2.13. The molecule has 1 aromatic heterocycles. The van der Waals surface area contributed by atoms with Crippen LogP contribution in [0.1, 0.15) is 33.6 Å². The van der Waals surface area contributed by atoms with Crippen molar-refractivity contribution < 1.29 is 24.6 Å². The van der Waals surface area contributed by atoms with Crippen LogP contribution in [-0.4, -0.2) is 32.5 Å². The summed E-state index contributed by atoms with van der Waals surface area (Å²) in [7, 11) is 0. The zero-order valence-electron chi connectivity index (χ0n) is 14.1. The maximum Gasteiger partial charge on any atom is 0.317 e. The number of aryl methyl sites for hydroxylation is 1. The zero-order valence-corrected chi connectivity index (χ0v) is 17.3. The largest absolute Gasteiger partial charge is 0.481 e. The van der Waals surface area contributed by atoms with Gasteiger partial charge in [-0.1, -0.05) is 29.8 Å². The van der Waals surface area contributed by atoms with Crippen molar-refractivity contribution in [3.63, 3.8) is 0 Å². The van der Waals surface area contributed by atoms with E-state index in [2.05, 4.69) is 31.9 Å². The van der Waals surface area contributed by atoms with Crippen LogP contribution in [0.2, 0.25) is 0 Å². The second-order valence-electron chi connectivity index (χ2n) is 5.94. The van der Waals surface area contributed by atoms with Crippen LogP contribution in [0, 0.1) is 19.8 Å². The smallest absolute Gasteiger partial charge is 0.317 e. The average Bonchev–Trinajstić information content (AvgIpc) is 2.78. The molecule has 0 fully saturated rings. The van der Waals surface area contributed by atoms with Gasteiger partial charge in [-0.05, 0) is 57.7 Å². The third kappa shape index (κ3) is 4.07. The highest BCUT2D eigenvalue weighted by Crippen LogP contribution is 2.34. The molecule has 8 heteroatoms. The Kier molecular flexibility index (Phi) is 6.41. The standard InChI is InChI=1S/C18H17Br2NO5/c1-9-3-5-11(6-4-9)15(22)14-10(2)13(19)16(20)21(14)8-7-12(17(23)24)18(25)26/h3-6,12H,7-8H2,1-2H3,(H,23,24)(H,25,26). The Morgan fingerprint density at radius 3 is 2.08 bits per heavy atom. The Hall–Kier alpha value is -1.93. The van der Waals surface area contributed by atoms with E-state index in [1.54, 1.807) is 23.6 Å². The summed E-state index contributed by atoms with van der Waals surface area (Å²) in [6.45, 7) is 3.77. The SMILES string of the molecule is Cc1ccc(C(=O)c2c(C)c(Br)c(Br)n2CCC(C(=O)O)C(=O)O)cc1. The Morgan fingerprint density at radius 2 is 1.58 bits per heavy atom. The first-order valence-electron chi connectivity index (χ1n) is 7.76. The number of aromatic nitrogens is 1. The van der Waals surface area contributed by atoms with E-state index < -0.39 is 17.9 Å². The van der Waals surface area contributed by atoms with Gasteiger partial charge in [-0.25, -0.2) is 0 Å². The minimum Gasteiger partial charge on any atom is -0.481 e. The summed E-state index contributed by atoms with van der Waals surface area (Å²) in [6.07, 6.45) is -0.141. The molecule has 0 aliphatic rings. The number of nitrogens with zero attached hydrogens (tertiary/aromatic N) is 1. The number of rotatable bonds is 7. The molecule has 0 unspecified atom stereocenters. The lowest BCUT2D eigenvalue weighted by molar-refractivity contribution is -0.154. The molecule has 0 saturated heterocycles. The van der Waals surface area contributed by atoms with Crippen molar-refractivity contribution in [2.24, 2.45) is 5.92 Å². The summed E-state index contributed by atoms with van der Waals surface area (Å²) in [5.41, 5.74) is 2.62. The highest BCUT2D eigenvalue weighted by atomic mass is 79.9. The summed E-state index contributed by atoms with van der Waals surface area (Å²) in [6, 6.07) is 7.14. The number of carboxylic acids is 2. The molecule has 2 N–H and O–H groups in total. The maximum absolute atomic E-state index is 13.0. The van der Waals surface area contributed by atoms with Crippen LogP contribution in [-0.2, 0) is 16.1 Å². The molecular formula is C18H17Br2NO5. The molecule has 0 aliphatic carbocycles. The predicted molar refractivity (Wildman–Crippen MR) is 103 cm³/mol. The van der Waals surface area contributed by atoms with Crippen LogP contribution >= 0.6 is 31.9 Å². The monoisotopic (exact) mass is 485 g/mol. The summed E-state index contributed by atoms with van der Waals surface area (Å²) < 4.78 is 2.86. The van der Waals surface area contributed by atoms with Gasteiger partial charge >= 0.3 is 11.9 Å². The number of carboxylic acid groups (broad SMARTS) is 2. The van der Waals surface area contributed by atoms with Crippen molar-refractivity contribution in [3.8, 4) is 0 Å². The number of hydrogen-bond acceptors (Lipinski definition) is 3. The fourth-order valence-electron chi connectivity index (χ4n) is 2.63. The lowest BCUT2D eigenvalue weighted by Crippen LogP contribution is -2.25. The summed E-state index contributed by atoms with van der Waals surface area (Å²) in [5, 5.41) is 18.1. The van der Waals surface area contributed by atoms with Crippen LogP contribution in [0.3, 0.4) is 0 Å². The molecule has 0 radical (unpaired) electrons. The van der Waals surface area contributed by atoms with Crippen molar-refractivity contribution in [2.75, 3.05) is 0 Å². The van der Waals surface area contributed by atoms with Crippen LogP contribution in [0.15, 0.2) is 33.3 Å². The van der Waals surface area contributed by atoms with Crippen LogP contribution in [0.4, 0.5) is 0 Å². The summed E-state index contributed by atoms with van der Waals surface area (Å²) in [4.78, 5) is 35.2. The molecule has 0 atom stereocenters. The third-order valence-electron chi connectivity index (χ3n) is 4.14.